The number of ether oxygens (including phenoxy) is 1. The van der Waals surface area contributed by atoms with E-state index in [4.69, 9.17) is 4.74 Å². The monoisotopic (exact) mass is 291 g/mol. The standard InChI is InChI=1S/C17H29N3O/c1-3-16-12-15(14-18-4-2)13-17(19-16)21-11-10-20-8-6-5-7-9-20/h12-13,18H,3-11,14H2,1-2H3. The Kier molecular flexibility index (Phi) is 6.96. The predicted octanol–water partition coefficient (Wildman–Crippen LogP) is 2.62. The molecular weight excluding hydrogens is 262 g/mol. The summed E-state index contributed by atoms with van der Waals surface area (Å²) < 4.78 is 5.89. The molecule has 1 aliphatic heterocycles. The third-order valence-corrected chi connectivity index (χ3v) is 3.96. The maximum Gasteiger partial charge on any atom is 0.213 e. The molecule has 0 aromatic carbocycles. The first-order valence-corrected chi connectivity index (χ1v) is 8.37. The van der Waals surface area contributed by atoms with Gasteiger partial charge in [0.1, 0.15) is 6.61 Å². The number of pyridine rings is 1. The van der Waals surface area contributed by atoms with Gasteiger partial charge in [-0.2, -0.15) is 0 Å². The first-order valence-electron chi connectivity index (χ1n) is 8.37. The van der Waals surface area contributed by atoms with Crippen molar-refractivity contribution in [2.24, 2.45) is 0 Å². The summed E-state index contributed by atoms with van der Waals surface area (Å²) in [5.74, 6) is 0.777. The van der Waals surface area contributed by atoms with Gasteiger partial charge < -0.3 is 10.1 Å². The summed E-state index contributed by atoms with van der Waals surface area (Å²) in [5, 5.41) is 3.36. The fourth-order valence-electron chi connectivity index (χ4n) is 2.71. The van der Waals surface area contributed by atoms with Gasteiger partial charge >= 0.3 is 0 Å². The van der Waals surface area contributed by atoms with E-state index in [2.05, 4.69) is 41.2 Å². The van der Waals surface area contributed by atoms with Gasteiger partial charge in [0, 0.05) is 24.8 Å². The molecule has 0 radical (unpaired) electrons. The number of aryl methyl sites for hydroxylation is 1. The second-order valence-corrected chi connectivity index (χ2v) is 5.69. The summed E-state index contributed by atoms with van der Waals surface area (Å²) in [6.45, 7) is 10.3. The average molecular weight is 291 g/mol. The van der Waals surface area contributed by atoms with E-state index in [0.717, 1.165) is 44.2 Å². The highest BCUT2D eigenvalue weighted by atomic mass is 16.5. The molecule has 1 N–H and O–H groups in total. The average Bonchev–Trinajstić information content (AvgIpc) is 2.53. The number of aromatic nitrogens is 1. The van der Waals surface area contributed by atoms with Crippen LogP contribution in [0.3, 0.4) is 0 Å². The molecule has 0 atom stereocenters. The summed E-state index contributed by atoms with van der Waals surface area (Å²) in [6, 6.07) is 4.23. The zero-order valence-corrected chi connectivity index (χ0v) is 13.5. The third-order valence-electron chi connectivity index (χ3n) is 3.96. The Morgan fingerprint density at radius 1 is 1.19 bits per heavy atom. The topological polar surface area (TPSA) is 37.4 Å². The molecule has 4 nitrogen and oxygen atoms in total. The van der Waals surface area contributed by atoms with Crippen molar-refractivity contribution in [3.63, 3.8) is 0 Å². The van der Waals surface area contributed by atoms with Crippen molar-refractivity contribution in [2.75, 3.05) is 32.8 Å². The van der Waals surface area contributed by atoms with E-state index < -0.39 is 0 Å². The summed E-state index contributed by atoms with van der Waals surface area (Å²) in [6.07, 6.45) is 4.99. The molecule has 21 heavy (non-hydrogen) atoms. The van der Waals surface area contributed by atoms with Gasteiger partial charge in [-0.15, -0.1) is 0 Å². The maximum absolute atomic E-state index is 5.89. The molecule has 1 aromatic heterocycles. The minimum atomic E-state index is 0.737. The number of likely N-dealkylation sites (tertiary alicyclic amines) is 1. The van der Waals surface area contributed by atoms with Crippen LogP contribution in [-0.4, -0.2) is 42.7 Å². The highest BCUT2D eigenvalue weighted by Gasteiger charge is 2.10. The second-order valence-electron chi connectivity index (χ2n) is 5.69. The van der Waals surface area contributed by atoms with Gasteiger partial charge in [0.05, 0.1) is 0 Å². The Balaban J connectivity index is 1.85. The van der Waals surface area contributed by atoms with Crippen LogP contribution in [0.25, 0.3) is 0 Å². The van der Waals surface area contributed by atoms with Crippen molar-refractivity contribution >= 4 is 0 Å². The lowest BCUT2D eigenvalue weighted by Crippen LogP contribution is -2.33. The summed E-state index contributed by atoms with van der Waals surface area (Å²) >= 11 is 0. The maximum atomic E-state index is 5.89. The van der Waals surface area contributed by atoms with Crippen LogP contribution in [-0.2, 0) is 13.0 Å². The van der Waals surface area contributed by atoms with Gasteiger partial charge in [0.2, 0.25) is 5.88 Å². The molecule has 0 unspecified atom stereocenters. The molecular formula is C17H29N3O. The molecule has 2 heterocycles. The van der Waals surface area contributed by atoms with Crippen LogP contribution in [0.4, 0.5) is 0 Å². The van der Waals surface area contributed by atoms with E-state index in [1.54, 1.807) is 0 Å². The van der Waals surface area contributed by atoms with Gasteiger partial charge in [-0.1, -0.05) is 20.3 Å². The molecule has 0 aliphatic carbocycles. The van der Waals surface area contributed by atoms with E-state index in [0.29, 0.717) is 0 Å². The van der Waals surface area contributed by atoms with Crippen LogP contribution in [0.5, 0.6) is 5.88 Å². The molecule has 118 valence electrons. The molecule has 0 amide bonds. The molecule has 2 rings (SSSR count). The van der Waals surface area contributed by atoms with Crippen LogP contribution in [0, 0.1) is 0 Å². The Labute approximate surface area is 128 Å². The molecule has 0 saturated carbocycles. The van der Waals surface area contributed by atoms with Crippen molar-refractivity contribution in [1.29, 1.82) is 0 Å². The van der Waals surface area contributed by atoms with Gasteiger partial charge in [0.15, 0.2) is 0 Å². The van der Waals surface area contributed by atoms with Gasteiger partial charge in [0.25, 0.3) is 0 Å². The molecule has 1 aliphatic rings. The van der Waals surface area contributed by atoms with Gasteiger partial charge in [-0.05, 0) is 50.5 Å². The number of hydrogen-bond donors (Lipinski definition) is 1. The number of hydrogen-bond acceptors (Lipinski definition) is 4. The Bertz CT molecular complexity index is 416. The summed E-state index contributed by atoms with van der Waals surface area (Å²) in [4.78, 5) is 7.07. The molecule has 4 heteroatoms. The van der Waals surface area contributed by atoms with Crippen molar-refractivity contribution in [3.8, 4) is 5.88 Å². The Morgan fingerprint density at radius 3 is 2.71 bits per heavy atom. The predicted molar refractivity (Wildman–Crippen MR) is 86.8 cm³/mol. The highest BCUT2D eigenvalue weighted by Crippen LogP contribution is 2.14. The smallest absolute Gasteiger partial charge is 0.213 e. The van der Waals surface area contributed by atoms with E-state index in [-0.39, 0.29) is 0 Å². The molecule has 1 fully saturated rings. The van der Waals surface area contributed by atoms with Crippen LogP contribution in [0.15, 0.2) is 12.1 Å². The van der Waals surface area contributed by atoms with E-state index in [9.17, 15) is 0 Å². The number of nitrogens with zero attached hydrogens (tertiary/aromatic N) is 2. The van der Waals surface area contributed by atoms with Crippen molar-refractivity contribution in [1.82, 2.24) is 15.2 Å². The first kappa shape index (κ1) is 16.2. The zero-order valence-electron chi connectivity index (χ0n) is 13.5. The van der Waals surface area contributed by atoms with Crippen molar-refractivity contribution in [3.05, 3.63) is 23.4 Å². The minimum Gasteiger partial charge on any atom is -0.476 e. The first-order chi connectivity index (χ1) is 10.3. The Hall–Kier alpha value is -1.13. The second kappa shape index (κ2) is 9.00. The lowest BCUT2D eigenvalue weighted by atomic mass is 10.1. The van der Waals surface area contributed by atoms with E-state index >= 15 is 0 Å². The lowest BCUT2D eigenvalue weighted by Gasteiger charge is -2.26. The largest absolute Gasteiger partial charge is 0.476 e. The molecule has 1 aromatic rings. The Morgan fingerprint density at radius 2 is 2.00 bits per heavy atom. The fraction of sp³-hybridized carbons (Fsp3) is 0.706. The van der Waals surface area contributed by atoms with Crippen LogP contribution in [0.1, 0.15) is 44.4 Å². The number of nitrogens with one attached hydrogen (secondary N) is 1. The summed E-state index contributed by atoms with van der Waals surface area (Å²) in [7, 11) is 0. The van der Waals surface area contributed by atoms with Gasteiger partial charge in [-0.3, -0.25) is 4.90 Å². The third kappa shape index (κ3) is 5.64. The fourth-order valence-corrected chi connectivity index (χ4v) is 2.71. The molecule has 0 bridgehead atoms. The number of rotatable bonds is 8. The van der Waals surface area contributed by atoms with Gasteiger partial charge in [-0.25, -0.2) is 4.98 Å². The number of piperidine rings is 1. The van der Waals surface area contributed by atoms with E-state index in [1.165, 1.54) is 37.9 Å². The van der Waals surface area contributed by atoms with E-state index in [1.807, 2.05) is 0 Å². The minimum absolute atomic E-state index is 0.737. The SMILES string of the molecule is CCNCc1cc(CC)nc(OCCN2CCCCC2)c1. The van der Waals surface area contributed by atoms with Crippen molar-refractivity contribution < 1.29 is 4.74 Å². The van der Waals surface area contributed by atoms with Crippen LogP contribution >= 0.6 is 0 Å². The molecule has 1 saturated heterocycles. The van der Waals surface area contributed by atoms with Crippen LogP contribution < -0.4 is 10.1 Å². The zero-order chi connectivity index (χ0) is 14.9. The quantitative estimate of drug-likeness (QED) is 0.799. The van der Waals surface area contributed by atoms with Crippen molar-refractivity contribution in [2.45, 2.75) is 46.1 Å². The summed E-state index contributed by atoms with van der Waals surface area (Å²) in [5.41, 5.74) is 2.37. The van der Waals surface area contributed by atoms with Crippen LogP contribution in [0.2, 0.25) is 0 Å². The lowest BCUT2D eigenvalue weighted by molar-refractivity contribution is 0.180. The highest BCUT2D eigenvalue weighted by molar-refractivity contribution is 5.25. The normalized spacial score (nSPS) is 16.1. The molecule has 0 spiro atoms.